The number of imidazole rings is 1. The Morgan fingerprint density at radius 3 is 3.05 bits per heavy atom. The Kier molecular flexibility index (Phi) is 4.28. The van der Waals surface area contributed by atoms with Crippen LogP contribution in [0.15, 0.2) is 30.7 Å². The van der Waals surface area contributed by atoms with Crippen LogP contribution in [0.25, 0.3) is 0 Å². The molecule has 0 saturated carbocycles. The summed E-state index contributed by atoms with van der Waals surface area (Å²) in [6.07, 6.45) is 4.95. The van der Waals surface area contributed by atoms with Gasteiger partial charge in [-0.3, -0.25) is 4.79 Å². The monoisotopic (exact) mass is 262 g/mol. The lowest BCUT2D eigenvalue weighted by molar-refractivity contribution is 0.111. The summed E-state index contributed by atoms with van der Waals surface area (Å²) in [7, 11) is 0. The van der Waals surface area contributed by atoms with Gasteiger partial charge in [0.1, 0.15) is 6.61 Å². The van der Waals surface area contributed by atoms with E-state index in [1.54, 1.807) is 12.5 Å². The molecule has 0 bridgehead atoms. The van der Waals surface area contributed by atoms with Crippen molar-refractivity contribution in [2.24, 2.45) is 0 Å². The molecule has 100 valence electrons. The SMILES string of the molecule is CCCn1cncc1COc1c(F)cccc1C=O. The number of ether oxygens (including phenoxy) is 1. The van der Waals surface area contributed by atoms with Gasteiger partial charge in [-0.15, -0.1) is 0 Å². The molecule has 0 fully saturated rings. The van der Waals surface area contributed by atoms with Crippen LogP contribution >= 0.6 is 0 Å². The van der Waals surface area contributed by atoms with E-state index in [1.165, 1.54) is 18.2 Å². The molecule has 0 radical (unpaired) electrons. The number of benzene rings is 1. The molecule has 4 nitrogen and oxygen atoms in total. The number of aromatic nitrogens is 2. The highest BCUT2D eigenvalue weighted by atomic mass is 19.1. The van der Waals surface area contributed by atoms with Gasteiger partial charge in [-0.2, -0.15) is 0 Å². The third-order valence-corrected chi connectivity index (χ3v) is 2.75. The van der Waals surface area contributed by atoms with E-state index in [0.717, 1.165) is 18.7 Å². The summed E-state index contributed by atoms with van der Waals surface area (Å²) in [6.45, 7) is 3.07. The number of hydrogen-bond donors (Lipinski definition) is 0. The fourth-order valence-corrected chi connectivity index (χ4v) is 1.83. The Morgan fingerprint density at radius 1 is 1.47 bits per heavy atom. The largest absolute Gasteiger partial charge is 0.483 e. The maximum atomic E-state index is 13.6. The van der Waals surface area contributed by atoms with Crippen LogP contribution in [0, 0.1) is 5.82 Å². The maximum absolute atomic E-state index is 13.6. The highest BCUT2D eigenvalue weighted by molar-refractivity contribution is 5.79. The first-order valence-electron chi connectivity index (χ1n) is 6.11. The van der Waals surface area contributed by atoms with Crippen molar-refractivity contribution in [1.82, 2.24) is 9.55 Å². The molecule has 1 heterocycles. The number of rotatable bonds is 6. The molecule has 0 spiro atoms. The van der Waals surface area contributed by atoms with Crippen LogP contribution < -0.4 is 4.74 Å². The molecule has 19 heavy (non-hydrogen) atoms. The first kappa shape index (κ1) is 13.3. The summed E-state index contributed by atoms with van der Waals surface area (Å²) in [4.78, 5) is 14.9. The van der Waals surface area contributed by atoms with Gasteiger partial charge in [0.25, 0.3) is 0 Å². The molecule has 1 aromatic carbocycles. The van der Waals surface area contributed by atoms with E-state index in [2.05, 4.69) is 11.9 Å². The average Bonchev–Trinajstić information content (AvgIpc) is 2.85. The zero-order chi connectivity index (χ0) is 13.7. The highest BCUT2D eigenvalue weighted by Gasteiger charge is 2.10. The van der Waals surface area contributed by atoms with Crippen LogP contribution in [0.4, 0.5) is 4.39 Å². The van der Waals surface area contributed by atoms with Crippen molar-refractivity contribution in [1.29, 1.82) is 0 Å². The van der Waals surface area contributed by atoms with E-state index in [0.29, 0.717) is 6.29 Å². The third kappa shape index (κ3) is 2.99. The molecule has 0 N–H and O–H groups in total. The summed E-state index contributed by atoms with van der Waals surface area (Å²) in [5, 5.41) is 0. The van der Waals surface area contributed by atoms with E-state index in [-0.39, 0.29) is 17.9 Å². The molecule has 0 unspecified atom stereocenters. The van der Waals surface area contributed by atoms with Crippen LogP contribution in [0.2, 0.25) is 0 Å². The van der Waals surface area contributed by atoms with Crippen molar-refractivity contribution in [2.75, 3.05) is 0 Å². The summed E-state index contributed by atoms with van der Waals surface area (Å²) >= 11 is 0. The molecule has 0 aliphatic rings. The Balaban J connectivity index is 2.14. The molecular weight excluding hydrogens is 247 g/mol. The molecule has 0 amide bonds. The molecule has 0 aliphatic carbocycles. The Bertz CT molecular complexity index is 566. The third-order valence-electron chi connectivity index (χ3n) is 2.75. The van der Waals surface area contributed by atoms with Crippen molar-refractivity contribution in [3.63, 3.8) is 0 Å². The van der Waals surface area contributed by atoms with Crippen molar-refractivity contribution in [3.8, 4) is 5.75 Å². The Morgan fingerprint density at radius 2 is 2.32 bits per heavy atom. The second kappa shape index (κ2) is 6.13. The summed E-state index contributed by atoms with van der Waals surface area (Å²) in [6, 6.07) is 4.27. The quantitative estimate of drug-likeness (QED) is 0.752. The fraction of sp³-hybridized carbons (Fsp3) is 0.286. The fourth-order valence-electron chi connectivity index (χ4n) is 1.83. The van der Waals surface area contributed by atoms with E-state index >= 15 is 0 Å². The topological polar surface area (TPSA) is 44.1 Å². The Labute approximate surface area is 110 Å². The van der Waals surface area contributed by atoms with Crippen LogP contribution in [-0.2, 0) is 13.2 Å². The number of hydrogen-bond acceptors (Lipinski definition) is 3. The van der Waals surface area contributed by atoms with Crippen LogP contribution in [0.3, 0.4) is 0 Å². The molecule has 2 aromatic rings. The van der Waals surface area contributed by atoms with Crippen molar-refractivity contribution >= 4 is 6.29 Å². The minimum Gasteiger partial charge on any atom is -0.483 e. The number of halogens is 1. The van der Waals surface area contributed by atoms with Gasteiger partial charge >= 0.3 is 0 Å². The van der Waals surface area contributed by atoms with Crippen LogP contribution in [-0.4, -0.2) is 15.8 Å². The van der Waals surface area contributed by atoms with E-state index in [1.807, 2.05) is 4.57 Å². The van der Waals surface area contributed by atoms with Crippen molar-refractivity contribution < 1.29 is 13.9 Å². The van der Waals surface area contributed by atoms with Crippen LogP contribution in [0.5, 0.6) is 5.75 Å². The minimum atomic E-state index is -0.536. The van der Waals surface area contributed by atoms with Gasteiger partial charge in [-0.25, -0.2) is 9.37 Å². The number of aldehydes is 1. The van der Waals surface area contributed by atoms with Gasteiger partial charge in [-0.05, 0) is 18.6 Å². The Hall–Kier alpha value is -2.17. The molecule has 0 saturated heterocycles. The second-order valence-corrected chi connectivity index (χ2v) is 4.14. The summed E-state index contributed by atoms with van der Waals surface area (Å²) in [5.74, 6) is -0.548. The normalized spacial score (nSPS) is 10.4. The van der Waals surface area contributed by atoms with E-state index < -0.39 is 5.82 Å². The molecule has 1 aromatic heterocycles. The van der Waals surface area contributed by atoms with Gasteiger partial charge < -0.3 is 9.30 Å². The maximum Gasteiger partial charge on any atom is 0.166 e. The van der Waals surface area contributed by atoms with Gasteiger partial charge in [0.15, 0.2) is 17.9 Å². The average molecular weight is 262 g/mol. The number of aryl methyl sites for hydroxylation is 1. The van der Waals surface area contributed by atoms with E-state index in [9.17, 15) is 9.18 Å². The molecule has 5 heteroatoms. The van der Waals surface area contributed by atoms with Crippen LogP contribution in [0.1, 0.15) is 29.4 Å². The number of carbonyl (C=O) groups is 1. The molecule has 0 atom stereocenters. The number of para-hydroxylation sites is 1. The standard InChI is InChI=1S/C14H15FN2O2/c1-2-6-17-10-16-7-12(17)9-19-14-11(8-18)4-3-5-13(14)15/h3-5,7-8,10H,2,6,9H2,1H3. The van der Waals surface area contributed by atoms with Crippen molar-refractivity contribution in [2.45, 2.75) is 26.5 Å². The lowest BCUT2D eigenvalue weighted by Gasteiger charge is -2.11. The minimum absolute atomic E-state index is 0.0123. The van der Waals surface area contributed by atoms with Gasteiger partial charge in [0.2, 0.25) is 0 Å². The predicted molar refractivity (Wildman–Crippen MR) is 68.6 cm³/mol. The lowest BCUT2D eigenvalue weighted by atomic mass is 10.2. The first-order valence-corrected chi connectivity index (χ1v) is 6.11. The molecular formula is C14H15FN2O2. The zero-order valence-corrected chi connectivity index (χ0v) is 10.7. The smallest absolute Gasteiger partial charge is 0.166 e. The first-order chi connectivity index (χ1) is 9.26. The predicted octanol–water partition coefficient (Wildman–Crippen LogP) is 2.82. The zero-order valence-electron chi connectivity index (χ0n) is 10.7. The van der Waals surface area contributed by atoms with Gasteiger partial charge in [-0.1, -0.05) is 13.0 Å². The second-order valence-electron chi connectivity index (χ2n) is 4.14. The molecule has 2 rings (SSSR count). The number of nitrogens with zero attached hydrogens (tertiary/aromatic N) is 2. The van der Waals surface area contributed by atoms with Gasteiger partial charge in [0.05, 0.1) is 23.8 Å². The lowest BCUT2D eigenvalue weighted by Crippen LogP contribution is -2.06. The number of carbonyl (C=O) groups excluding carboxylic acids is 1. The van der Waals surface area contributed by atoms with Crippen molar-refractivity contribution in [3.05, 3.63) is 47.8 Å². The van der Waals surface area contributed by atoms with Gasteiger partial charge in [0, 0.05) is 6.54 Å². The summed E-state index contributed by atoms with van der Waals surface area (Å²) in [5.41, 5.74) is 1.06. The summed E-state index contributed by atoms with van der Waals surface area (Å²) < 4.78 is 21.0. The van der Waals surface area contributed by atoms with E-state index in [4.69, 9.17) is 4.74 Å². The highest BCUT2D eigenvalue weighted by Crippen LogP contribution is 2.22. The molecule has 0 aliphatic heterocycles.